The fourth-order valence-electron chi connectivity index (χ4n) is 3.13. The molecule has 27 heavy (non-hydrogen) atoms. The highest BCUT2D eigenvalue weighted by Gasteiger charge is 2.44. The Labute approximate surface area is 157 Å². The van der Waals surface area contributed by atoms with Gasteiger partial charge in [-0.25, -0.2) is 4.79 Å². The molecule has 0 bridgehead atoms. The lowest BCUT2D eigenvalue weighted by Crippen LogP contribution is -2.48. The minimum absolute atomic E-state index is 0.102. The van der Waals surface area contributed by atoms with Crippen molar-refractivity contribution in [2.45, 2.75) is 26.5 Å². The van der Waals surface area contributed by atoms with Crippen LogP contribution in [0.4, 0.5) is 0 Å². The van der Waals surface area contributed by atoms with Crippen LogP contribution in [0.25, 0.3) is 0 Å². The molecule has 0 unspecified atom stereocenters. The molecule has 1 atom stereocenters. The lowest BCUT2D eigenvalue weighted by atomic mass is 10.0. The lowest BCUT2D eigenvalue weighted by Gasteiger charge is -2.27. The number of carbonyl (C=O) groups is 3. The van der Waals surface area contributed by atoms with Gasteiger partial charge in [0.2, 0.25) is 0 Å². The summed E-state index contributed by atoms with van der Waals surface area (Å²) in [7, 11) is 0. The number of rotatable bonds is 5. The van der Waals surface area contributed by atoms with Crippen molar-refractivity contribution in [2.24, 2.45) is 5.92 Å². The molecule has 2 aromatic carbocycles. The first-order valence-electron chi connectivity index (χ1n) is 8.57. The van der Waals surface area contributed by atoms with Crippen molar-refractivity contribution in [1.82, 2.24) is 4.90 Å². The van der Waals surface area contributed by atoms with Crippen molar-refractivity contribution < 1.29 is 19.1 Å². The van der Waals surface area contributed by atoms with Crippen LogP contribution in [0.5, 0.6) is 0 Å². The van der Waals surface area contributed by atoms with Gasteiger partial charge in [0.05, 0.1) is 22.8 Å². The molecule has 0 fully saturated rings. The maximum absolute atomic E-state index is 12.7. The zero-order chi connectivity index (χ0) is 19.6. The Bertz CT molecular complexity index is 924. The molecule has 2 aromatic rings. The van der Waals surface area contributed by atoms with Gasteiger partial charge in [0.1, 0.15) is 12.6 Å². The average Bonchev–Trinajstić information content (AvgIpc) is 2.92. The topological polar surface area (TPSA) is 87.5 Å². The van der Waals surface area contributed by atoms with Crippen LogP contribution >= 0.6 is 0 Å². The molecule has 1 heterocycles. The molecule has 0 aliphatic carbocycles. The summed E-state index contributed by atoms with van der Waals surface area (Å²) in [4.78, 5) is 39.1. The van der Waals surface area contributed by atoms with Crippen molar-refractivity contribution in [1.29, 1.82) is 5.26 Å². The first kappa shape index (κ1) is 18.3. The van der Waals surface area contributed by atoms with Crippen molar-refractivity contribution >= 4 is 17.8 Å². The molecule has 6 nitrogen and oxygen atoms in total. The summed E-state index contributed by atoms with van der Waals surface area (Å²) in [5, 5.41) is 9.14. The van der Waals surface area contributed by atoms with Crippen LogP contribution in [0.1, 0.15) is 45.7 Å². The zero-order valence-electron chi connectivity index (χ0n) is 15.0. The Hall–Kier alpha value is -3.46. The van der Waals surface area contributed by atoms with Gasteiger partial charge in [0, 0.05) is 5.56 Å². The predicted molar refractivity (Wildman–Crippen MR) is 96.5 cm³/mol. The molecule has 1 aliphatic heterocycles. The van der Waals surface area contributed by atoms with Crippen molar-refractivity contribution in [3.05, 3.63) is 70.8 Å². The van der Waals surface area contributed by atoms with E-state index in [1.165, 1.54) is 0 Å². The Morgan fingerprint density at radius 3 is 2.15 bits per heavy atom. The molecular weight excluding hydrogens is 344 g/mol. The number of imide groups is 1. The summed E-state index contributed by atoms with van der Waals surface area (Å²) in [5.41, 5.74) is 1.55. The number of esters is 1. The standard InChI is InChI=1S/C21H18N2O4/c1-13(2)18(21(26)27-12-15-8-4-3-7-14(15)11-22)23-19(24)16-9-5-6-10-17(16)20(23)25/h3-10,13,18H,12H2,1-2H3/t18-/m1/s1. The van der Waals surface area contributed by atoms with Crippen LogP contribution in [0.2, 0.25) is 0 Å². The number of nitriles is 1. The van der Waals surface area contributed by atoms with Gasteiger partial charge in [-0.2, -0.15) is 5.26 Å². The lowest BCUT2D eigenvalue weighted by molar-refractivity contribution is -0.151. The second kappa shape index (κ2) is 7.42. The third-order valence-electron chi connectivity index (χ3n) is 4.48. The van der Waals surface area contributed by atoms with Crippen LogP contribution in [0.3, 0.4) is 0 Å². The minimum Gasteiger partial charge on any atom is -0.459 e. The molecular formula is C21H18N2O4. The highest BCUT2D eigenvalue weighted by Crippen LogP contribution is 2.28. The highest BCUT2D eigenvalue weighted by atomic mass is 16.5. The van der Waals surface area contributed by atoms with Gasteiger partial charge < -0.3 is 4.74 Å². The first-order valence-corrected chi connectivity index (χ1v) is 8.57. The number of carbonyl (C=O) groups excluding carboxylic acids is 3. The number of benzene rings is 2. The fourth-order valence-corrected chi connectivity index (χ4v) is 3.13. The predicted octanol–water partition coefficient (Wildman–Crippen LogP) is 2.92. The number of ether oxygens (including phenoxy) is 1. The van der Waals surface area contributed by atoms with Crippen molar-refractivity contribution in [3.8, 4) is 6.07 Å². The van der Waals surface area contributed by atoms with Crippen LogP contribution < -0.4 is 0 Å². The van der Waals surface area contributed by atoms with Crippen molar-refractivity contribution in [3.63, 3.8) is 0 Å². The minimum atomic E-state index is -1.04. The van der Waals surface area contributed by atoms with Gasteiger partial charge in [-0.05, 0) is 24.1 Å². The summed E-state index contributed by atoms with van der Waals surface area (Å²) >= 11 is 0. The quantitative estimate of drug-likeness (QED) is 0.603. The van der Waals surface area contributed by atoms with E-state index in [4.69, 9.17) is 10.00 Å². The van der Waals surface area contributed by atoms with Crippen molar-refractivity contribution in [2.75, 3.05) is 0 Å². The zero-order valence-corrected chi connectivity index (χ0v) is 15.0. The van der Waals surface area contributed by atoms with E-state index < -0.39 is 23.8 Å². The summed E-state index contributed by atoms with van der Waals surface area (Å²) < 4.78 is 5.37. The van der Waals surface area contributed by atoms with E-state index in [0.717, 1.165) is 4.90 Å². The second-order valence-corrected chi connectivity index (χ2v) is 6.59. The van der Waals surface area contributed by atoms with Gasteiger partial charge in [-0.1, -0.05) is 44.2 Å². The molecule has 0 spiro atoms. The third-order valence-corrected chi connectivity index (χ3v) is 4.48. The normalized spacial score (nSPS) is 14.1. The van der Waals surface area contributed by atoms with E-state index in [-0.39, 0.29) is 23.7 Å². The molecule has 0 saturated heterocycles. The summed E-state index contributed by atoms with van der Waals surface area (Å²) in [6.07, 6.45) is 0. The van der Waals surface area contributed by atoms with Crippen LogP contribution in [0.15, 0.2) is 48.5 Å². The molecule has 136 valence electrons. The SMILES string of the molecule is CC(C)[C@H](C(=O)OCc1ccccc1C#N)N1C(=O)c2ccccc2C1=O. The summed E-state index contributed by atoms with van der Waals surface area (Å²) in [6, 6.07) is 14.3. The molecule has 0 aromatic heterocycles. The summed E-state index contributed by atoms with van der Waals surface area (Å²) in [6.45, 7) is 3.40. The fraction of sp³-hybridized carbons (Fsp3) is 0.238. The highest BCUT2D eigenvalue weighted by molar-refractivity contribution is 6.22. The Morgan fingerprint density at radius 1 is 1.04 bits per heavy atom. The van der Waals surface area contributed by atoms with E-state index in [2.05, 4.69) is 0 Å². The molecule has 1 aliphatic rings. The second-order valence-electron chi connectivity index (χ2n) is 6.59. The number of fused-ring (bicyclic) bond motifs is 1. The van der Waals surface area contributed by atoms with E-state index in [1.54, 1.807) is 62.4 Å². The smallest absolute Gasteiger partial charge is 0.329 e. The van der Waals surface area contributed by atoms with Crippen LogP contribution in [-0.4, -0.2) is 28.7 Å². The number of amides is 2. The number of hydrogen-bond acceptors (Lipinski definition) is 5. The van der Waals surface area contributed by atoms with E-state index in [9.17, 15) is 14.4 Å². The van der Waals surface area contributed by atoms with Gasteiger partial charge >= 0.3 is 5.97 Å². The van der Waals surface area contributed by atoms with Gasteiger partial charge in [0.15, 0.2) is 0 Å². The molecule has 0 saturated carbocycles. The molecule has 0 N–H and O–H groups in total. The number of nitrogens with zero attached hydrogens (tertiary/aromatic N) is 2. The molecule has 0 radical (unpaired) electrons. The van der Waals surface area contributed by atoms with E-state index in [0.29, 0.717) is 11.1 Å². The Morgan fingerprint density at radius 2 is 1.59 bits per heavy atom. The van der Waals surface area contributed by atoms with Gasteiger partial charge in [-0.15, -0.1) is 0 Å². The molecule has 2 amide bonds. The first-order chi connectivity index (χ1) is 13.0. The maximum Gasteiger partial charge on any atom is 0.329 e. The van der Waals surface area contributed by atoms with E-state index >= 15 is 0 Å². The number of hydrogen-bond donors (Lipinski definition) is 0. The molecule has 6 heteroatoms. The Kier molecular flexibility index (Phi) is 5.04. The van der Waals surface area contributed by atoms with Gasteiger partial charge in [-0.3, -0.25) is 14.5 Å². The maximum atomic E-state index is 12.7. The molecule has 3 rings (SSSR count). The van der Waals surface area contributed by atoms with Crippen LogP contribution in [-0.2, 0) is 16.1 Å². The van der Waals surface area contributed by atoms with Gasteiger partial charge in [0.25, 0.3) is 11.8 Å². The summed E-state index contributed by atoms with van der Waals surface area (Å²) in [5.74, 6) is -1.99. The van der Waals surface area contributed by atoms with Crippen LogP contribution in [0, 0.1) is 17.2 Å². The third kappa shape index (κ3) is 3.32. The largest absolute Gasteiger partial charge is 0.459 e. The Balaban J connectivity index is 1.82. The monoisotopic (exact) mass is 362 g/mol. The van der Waals surface area contributed by atoms with E-state index in [1.807, 2.05) is 6.07 Å². The average molecular weight is 362 g/mol.